The standard InChI is InChI=1S/C31H36N4O3S/c1-5-22-11-9-12-26-23(19-33(29(22)26)20-28(36)34-17-8-7-10-21(34)3)18-27-30(37)35(31(39)32(27)4)24-13-15-25(16-14-24)38-6-2/h9,11-16,18-19,21H,5-8,10,17,20H2,1-4H3/b27-18-/t21-/m1/s1. The molecule has 1 aromatic heterocycles. The van der Waals surface area contributed by atoms with Gasteiger partial charge >= 0.3 is 0 Å². The minimum Gasteiger partial charge on any atom is -0.494 e. The van der Waals surface area contributed by atoms with Crippen molar-refractivity contribution in [3.63, 3.8) is 0 Å². The summed E-state index contributed by atoms with van der Waals surface area (Å²) in [6, 6.07) is 13.9. The number of hydrogen-bond acceptors (Lipinski definition) is 4. The van der Waals surface area contributed by atoms with Crippen LogP contribution in [0.1, 0.15) is 51.2 Å². The van der Waals surface area contributed by atoms with Crippen LogP contribution in [0.15, 0.2) is 54.4 Å². The summed E-state index contributed by atoms with van der Waals surface area (Å²) in [4.78, 5) is 32.4. The Kier molecular flexibility index (Phi) is 7.75. The number of fused-ring (bicyclic) bond motifs is 1. The number of rotatable bonds is 7. The van der Waals surface area contributed by atoms with Crippen molar-refractivity contribution < 1.29 is 14.3 Å². The first-order valence-electron chi connectivity index (χ1n) is 13.8. The number of nitrogens with zero attached hydrogens (tertiary/aromatic N) is 4. The molecule has 8 heteroatoms. The normalized spacial score (nSPS) is 19.0. The molecule has 2 fully saturated rings. The third kappa shape index (κ3) is 5.05. The third-order valence-electron chi connectivity index (χ3n) is 7.78. The van der Waals surface area contributed by atoms with Crippen molar-refractivity contribution in [1.29, 1.82) is 0 Å². The highest BCUT2D eigenvalue weighted by atomic mass is 32.1. The fourth-order valence-corrected chi connectivity index (χ4v) is 5.97. The maximum atomic E-state index is 13.7. The van der Waals surface area contributed by atoms with Gasteiger partial charge in [0.1, 0.15) is 18.0 Å². The Balaban J connectivity index is 1.51. The molecule has 3 aromatic rings. The first-order valence-corrected chi connectivity index (χ1v) is 14.2. The Labute approximate surface area is 235 Å². The number of thiocarbonyl (C=S) groups is 1. The molecular weight excluding hydrogens is 508 g/mol. The second-order valence-electron chi connectivity index (χ2n) is 10.2. The number of carbonyl (C=O) groups is 2. The maximum Gasteiger partial charge on any atom is 0.281 e. The molecule has 0 aliphatic carbocycles. The van der Waals surface area contributed by atoms with Crippen LogP contribution in [-0.2, 0) is 22.6 Å². The summed E-state index contributed by atoms with van der Waals surface area (Å²) in [6.07, 6.45) is 8.03. The van der Waals surface area contributed by atoms with Crippen molar-refractivity contribution in [1.82, 2.24) is 14.4 Å². The lowest BCUT2D eigenvalue weighted by molar-refractivity contribution is -0.135. The molecule has 39 heavy (non-hydrogen) atoms. The largest absolute Gasteiger partial charge is 0.494 e. The van der Waals surface area contributed by atoms with Crippen molar-refractivity contribution in [3.05, 3.63) is 65.5 Å². The van der Waals surface area contributed by atoms with E-state index in [-0.39, 0.29) is 24.4 Å². The highest BCUT2D eigenvalue weighted by Gasteiger charge is 2.37. The average molecular weight is 545 g/mol. The van der Waals surface area contributed by atoms with Crippen LogP contribution < -0.4 is 9.64 Å². The molecule has 2 aliphatic heterocycles. The van der Waals surface area contributed by atoms with E-state index in [9.17, 15) is 9.59 Å². The zero-order chi connectivity index (χ0) is 27.7. The molecule has 1 atom stereocenters. The van der Waals surface area contributed by atoms with E-state index in [0.717, 1.165) is 48.0 Å². The second-order valence-corrected chi connectivity index (χ2v) is 10.6. The van der Waals surface area contributed by atoms with Gasteiger partial charge in [0.05, 0.1) is 17.8 Å². The van der Waals surface area contributed by atoms with E-state index < -0.39 is 0 Å². The molecular formula is C31H36N4O3S. The number of para-hydroxylation sites is 1. The number of ether oxygens (including phenoxy) is 1. The van der Waals surface area contributed by atoms with Crippen LogP contribution in [0.5, 0.6) is 5.75 Å². The summed E-state index contributed by atoms with van der Waals surface area (Å²) in [5, 5.41) is 1.44. The second kappa shape index (κ2) is 11.2. The van der Waals surface area contributed by atoms with E-state index in [2.05, 4.69) is 30.5 Å². The van der Waals surface area contributed by atoms with Gasteiger partial charge in [-0.1, -0.05) is 25.1 Å². The number of likely N-dealkylation sites (N-methyl/N-ethyl adjacent to an activating group) is 1. The molecule has 7 nitrogen and oxygen atoms in total. The van der Waals surface area contributed by atoms with Gasteiger partial charge in [0.2, 0.25) is 5.91 Å². The zero-order valence-corrected chi connectivity index (χ0v) is 24.0. The van der Waals surface area contributed by atoms with Gasteiger partial charge in [0.15, 0.2) is 5.11 Å². The van der Waals surface area contributed by atoms with E-state index in [4.69, 9.17) is 17.0 Å². The van der Waals surface area contributed by atoms with Crippen LogP contribution in [0.3, 0.4) is 0 Å². The number of anilines is 1. The molecule has 5 rings (SSSR count). The quantitative estimate of drug-likeness (QED) is 0.286. The number of hydrogen-bond donors (Lipinski definition) is 0. The summed E-state index contributed by atoms with van der Waals surface area (Å²) in [6.45, 7) is 7.87. The molecule has 2 amide bonds. The minimum atomic E-state index is -0.183. The van der Waals surface area contributed by atoms with Crippen LogP contribution >= 0.6 is 12.2 Å². The van der Waals surface area contributed by atoms with Crippen LogP contribution in [0.4, 0.5) is 5.69 Å². The third-order valence-corrected chi connectivity index (χ3v) is 8.24. The first-order chi connectivity index (χ1) is 18.8. The average Bonchev–Trinajstić information content (AvgIpc) is 3.39. The van der Waals surface area contributed by atoms with Gasteiger partial charge in [-0.05, 0) is 87.7 Å². The summed E-state index contributed by atoms with van der Waals surface area (Å²) in [5.74, 6) is 0.703. The van der Waals surface area contributed by atoms with E-state index in [0.29, 0.717) is 23.1 Å². The lowest BCUT2D eigenvalue weighted by atomic mass is 10.0. The molecule has 2 aliphatic rings. The molecule has 0 spiro atoms. The van der Waals surface area contributed by atoms with Gasteiger partial charge in [-0.3, -0.25) is 14.5 Å². The summed E-state index contributed by atoms with van der Waals surface area (Å²) in [5.41, 5.74) is 4.30. The number of carbonyl (C=O) groups excluding carboxylic acids is 2. The molecule has 0 unspecified atom stereocenters. The van der Waals surface area contributed by atoms with Gasteiger partial charge in [-0.15, -0.1) is 0 Å². The number of aryl methyl sites for hydroxylation is 1. The summed E-state index contributed by atoms with van der Waals surface area (Å²) in [7, 11) is 1.82. The lowest BCUT2D eigenvalue weighted by Gasteiger charge is -2.33. The molecule has 204 valence electrons. The lowest BCUT2D eigenvalue weighted by Crippen LogP contribution is -2.43. The van der Waals surface area contributed by atoms with Crippen LogP contribution in [0.25, 0.3) is 17.0 Å². The SMILES string of the molecule is CCOc1ccc(N2C(=O)/C(=C/c3cn(CC(=O)N4CCCC[C@H]4C)c4c(CC)cccc34)N(C)C2=S)cc1. The van der Waals surface area contributed by atoms with Crippen molar-refractivity contribution in [3.8, 4) is 5.75 Å². The van der Waals surface area contributed by atoms with Gasteiger partial charge in [0, 0.05) is 36.8 Å². The Morgan fingerprint density at radius 3 is 2.59 bits per heavy atom. The minimum absolute atomic E-state index is 0.140. The Morgan fingerprint density at radius 1 is 1.13 bits per heavy atom. The molecule has 2 saturated heterocycles. The number of likely N-dealkylation sites (tertiary alicyclic amines) is 1. The molecule has 0 bridgehead atoms. The Bertz CT molecular complexity index is 1440. The number of amides is 2. The van der Waals surface area contributed by atoms with E-state index in [1.165, 1.54) is 12.0 Å². The first kappa shape index (κ1) is 26.9. The van der Waals surface area contributed by atoms with Crippen molar-refractivity contribution >= 4 is 51.8 Å². The molecule has 2 aromatic carbocycles. The fourth-order valence-electron chi connectivity index (χ4n) is 5.69. The predicted octanol–water partition coefficient (Wildman–Crippen LogP) is 5.61. The van der Waals surface area contributed by atoms with E-state index in [1.54, 1.807) is 9.80 Å². The summed E-state index contributed by atoms with van der Waals surface area (Å²) < 4.78 is 7.61. The van der Waals surface area contributed by atoms with E-state index in [1.807, 2.05) is 61.5 Å². The number of benzene rings is 2. The Hall–Kier alpha value is -3.65. The maximum absolute atomic E-state index is 13.7. The van der Waals surface area contributed by atoms with Gasteiger partial charge in [-0.25, -0.2) is 0 Å². The van der Waals surface area contributed by atoms with Crippen LogP contribution in [0, 0.1) is 0 Å². The van der Waals surface area contributed by atoms with Crippen LogP contribution in [-0.4, -0.2) is 57.5 Å². The van der Waals surface area contributed by atoms with Crippen molar-refractivity contribution in [2.24, 2.45) is 0 Å². The fraction of sp³-hybridized carbons (Fsp3) is 0.387. The van der Waals surface area contributed by atoms with Crippen molar-refractivity contribution in [2.75, 3.05) is 25.1 Å². The smallest absolute Gasteiger partial charge is 0.281 e. The molecule has 3 heterocycles. The van der Waals surface area contributed by atoms with Crippen molar-refractivity contribution in [2.45, 2.75) is 59.0 Å². The van der Waals surface area contributed by atoms with Gasteiger partial charge in [0.25, 0.3) is 5.91 Å². The van der Waals surface area contributed by atoms with Crippen LogP contribution in [0.2, 0.25) is 0 Å². The van der Waals surface area contributed by atoms with Gasteiger partial charge in [-0.2, -0.15) is 0 Å². The Morgan fingerprint density at radius 2 is 1.90 bits per heavy atom. The van der Waals surface area contributed by atoms with E-state index >= 15 is 0 Å². The highest BCUT2D eigenvalue weighted by Crippen LogP contribution is 2.32. The molecule has 0 saturated carbocycles. The molecule has 0 radical (unpaired) electrons. The number of aromatic nitrogens is 1. The summed E-state index contributed by atoms with van der Waals surface area (Å²) >= 11 is 5.68. The highest BCUT2D eigenvalue weighted by molar-refractivity contribution is 7.80. The predicted molar refractivity (Wildman–Crippen MR) is 160 cm³/mol. The van der Waals surface area contributed by atoms with Gasteiger partial charge < -0.3 is 19.1 Å². The zero-order valence-electron chi connectivity index (χ0n) is 23.1. The molecule has 0 N–H and O–H groups in total. The topological polar surface area (TPSA) is 58.0 Å². The number of piperidine rings is 1. The monoisotopic (exact) mass is 544 g/mol.